The van der Waals surface area contributed by atoms with Crippen molar-refractivity contribution in [3.63, 3.8) is 0 Å². The van der Waals surface area contributed by atoms with Crippen molar-refractivity contribution in [1.29, 1.82) is 0 Å². The Morgan fingerprint density at radius 2 is 1.90 bits per heavy atom. The lowest BCUT2D eigenvalue weighted by atomic mass is 9.91. The second-order valence-corrected chi connectivity index (χ2v) is 9.33. The Morgan fingerprint density at radius 3 is 2.58 bits per heavy atom. The average molecular weight is 441 g/mol. The summed E-state index contributed by atoms with van der Waals surface area (Å²) in [7, 11) is -0.948. The number of fused-ring (bicyclic) bond motifs is 1. The molecule has 0 saturated heterocycles. The van der Waals surface area contributed by atoms with Gasteiger partial charge in [-0.25, -0.2) is 13.1 Å². The Morgan fingerprint density at radius 1 is 1.13 bits per heavy atom. The van der Waals surface area contributed by atoms with Crippen molar-refractivity contribution in [2.24, 2.45) is 0 Å². The summed E-state index contributed by atoms with van der Waals surface area (Å²) in [5, 5.41) is 0.462. The van der Waals surface area contributed by atoms with E-state index in [0.717, 1.165) is 5.56 Å². The number of pyridine rings is 1. The summed E-state index contributed by atoms with van der Waals surface area (Å²) in [6, 6.07) is 13.7. The van der Waals surface area contributed by atoms with Gasteiger partial charge in [0.05, 0.1) is 29.0 Å². The molecule has 1 amide bonds. The quantitative estimate of drug-likeness (QED) is 0.604. The molecule has 0 aliphatic heterocycles. The zero-order chi connectivity index (χ0) is 22.2. The van der Waals surface area contributed by atoms with E-state index in [1.54, 1.807) is 43.6 Å². The van der Waals surface area contributed by atoms with E-state index in [4.69, 9.17) is 9.47 Å². The summed E-state index contributed by atoms with van der Waals surface area (Å²) in [6.07, 6.45) is 2.49. The van der Waals surface area contributed by atoms with E-state index in [9.17, 15) is 13.2 Å². The molecule has 31 heavy (non-hydrogen) atoms. The molecule has 162 valence electrons. The molecule has 1 saturated carbocycles. The molecule has 7 nitrogen and oxygen atoms in total. The lowest BCUT2D eigenvalue weighted by Crippen LogP contribution is -2.39. The highest BCUT2D eigenvalue weighted by molar-refractivity contribution is 7.90. The molecule has 1 heterocycles. The van der Waals surface area contributed by atoms with E-state index in [0.29, 0.717) is 35.1 Å². The van der Waals surface area contributed by atoms with Gasteiger partial charge in [0.25, 0.3) is 10.0 Å². The third-order valence-corrected chi connectivity index (χ3v) is 7.26. The average Bonchev–Trinajstić information content (AvgIpc) is 3.59. The van der Waals surface area contributed by atoms with E-state index >= 15 is 0 Å². The normalized spacial score (nSPS) is 16.0. The molecule has 1 aliphatic carbocycles. The number of ether oxygens (including phenoxy) is 2. The molecule has 1 N–H and O–H groups in total. The fourth-order valence-corrected chi connectivity index (χ4v) is 5.09. The number of benzene rings is 2. The summed E-state index contributed by atoms with van der Waals surface area (Å²) in [4.78, 5) is 17.5. The van der Waals surface area contributed by atoms with Crippen LogP contribution in [0.4, 0.5) is 0 Å². The Bertz CT molecular complexity index is 1250. The fraction of sp³-hybridized carbons (Fsp3) is 0.304. The standard InChI is InChI=1S/C23H24N2O5S/c1-15(29-2)16-9-10-20(30-3)18(14-16)23(11-12-23)22(26)25-31(27,28)21-8-4-7-19-17(21)6-5-13-24-19/h4-10,13-15H,11-12H2,1-3H3,(H,25,26). The molecule has 3 aromatic rings. The van der Waals surface area contributed by atoms with Gasteiger partial charge in [-0.3, -0.25) is 9.78 Å². The van der Waals surface area contributed by atoms with Crippen LogP contribution < -0.4 is 9.46 Å². The lowest BCUT2D eigenvalue weighted by Gasteiger charge is -2.21. The molecule has 1 unspecified atom stereocenters. The molecule has 2 aromatic carbocycles. The van der Waals surface area contributed by atoms with E-state index < -0.39 is 21.3 Å². The summed E-state index contributed by atoms with van der Waals surface area (Å²) in [5.74, 6) is -0.0135. The highest BCUT2D eigenvalue weighted by Crippen LogP contribution is 2.52. The topological polar surface area (TPSA) is 94.6 Å². The Labute approximate surface area is 181 Å². The van der Waals surface area contributed by atoms with Crippen LogP contribution in [-0.4, -0.2) is 33.5 Å². The molecule has 1 atom stereocenters. The van der Waals surface area contributed by atoms with Crippen LogP contribution in [0.25, 0.3) is 10.9 Å². The van der Waals surface area contributed by atoms with Gasteiger partial charge in [0.1, 0.15) is 5.75 Å². The number of nitrogens with one attached hydrogen (secondary N) is 1. The molecule has 0 bridgehead atoms. The molecular formula is C23H24N2O5S. The van der Waals surface area contributed by atoms with Crippen molar-refractivity contribution in [1.82, 2.24) is 9.71 Å². The maximum absolute atomic E-state index is 13.3. The Kier molecular flexibility index (Phi) is 5.45. The highest BCUT2D eigenvalue weighted by Gasteiger charge is 2.54. The third kappa shape index (κ3) is 3.77. The van der Waals surface area contributed by atoms with Gasteiger partial charge in [-0.1, -0.05) is 12.1 Å². The van der Waals surface area contributed by atoms with Gasteiger partial charge in [0, 0.05) is 24.3 Å². The number of sulfonamides is 1. The van der Waals surface area contributed by atoms with Gasteiger partial charge in [0.2, 0.25) is 5.91 Å². The van der Waals surface area contributed by atoms with Crippen LogP contribution in [0, 0.1) is 0 Å². The number of hydrogen-bond acceptors (Lipinski definition) is 6. The largest absolute Gasteiger partial charge is 0.496 e. The van der Waals surface area contributed by atoms with Crippen molar-refractivity contribution in [2.75, 3.05) is 14.2 Å². The molecule has 4 rings (SSSR count). The van der Waals surface area contributed by atoms with Crippen molar-refractivity contribution in [2.45, 2.75) is 36.2 Å². The minimum Gasteiger partial charge on any atom is -0.496 e. The zero-order valence-electron chi connectivity index (χ0n) is 17.6. The predicted molar refractivity (Wildman–Crippen MR) is 116 cm³/mol. The van der Waals surface area contributed by atoms with E-state index in [1.807, 2.05) is 19.1 Å². The van der Waals surface area contributed by atoms with Crippen LogP contribution in [0.5, 0.6) is 5.75 Å². The van der Waals surface area contributed by atoms with Gasteiger partial charge in [-0.05, 0) is 61.7 Å². The highest BCUT2D eigenvalue weighted by atomic mass is 32.2. The molecule has 1 aliphatic rings. The fourth-order valence-electron chi connectivity index (χ4n) is 3.82. The minimum atomic E-state index is -4.09. The molecular weight excluding hydrogens is 416 g/mol. The smallest absolute Gasteiger partial charge is 0.264 e. The first-order chi connectivity index (χ1) is 14.8. The maximum Gasteiger partial charge on any atom is 0.264 e. The van der Waals surface area contributed by atoms with Crippen LogP contribution in [0.1, 0.15) is 37.0 Å². The van der Waals surface area contributed by atoms with Crippen LogP contribution in [-0.2, 0) is 25.0 Å². The van der Waals surface area contributed by atoms with E-state index in [-0.39, 0.29) is 11.0 Å². The molecule has 0 spiro atoms. The van der Waals surface area contributed by atoms with Crippen molar-refractivity contribution in [3.05, 3.63) is 65.9 Å². The number of nitrogens with zero attached hydrogens (tertiary/aromatic N) is 1. The summed E-state index contributed by atoms with van der Waals surface area (Å²) in [5.41, 5.74) is 1.15. The number of rotatable bonds is 7. The third-order valence-electron chi connectivity index (χ3n) is 5.87. The van der Waals surface area contributed by atoms with Gasteiger partial charge in [0.15, 0.2) is 0 Å². The SMILES string of the molecule is COc1ccc(C(C)OC)cc1C1(C(=O)NS(=O)(=O)c2cccc3ncccc23)CC1. The molecule has 1 aromatic heterocycles. The number of methoxy groups -OCH3 is 2. The monoisotopic (exact) mass is 440 g/mol. The first-order valence-corrected chi connectivity index (χ1v) is 11.4. The number of amides is 1. The van der Waals surface area contributed by atoms with Gasteiger partial charge in [-0.15, -0.1) is 0 Å². The summed E-state index contributed by atoms with van der Waals surface area (Å²) < 4.78 is 39.4. The van der Waals surface area contributed by atoms with Crippen molar-refractivity contribution < 1.29 is 22.7 Å². The lowest BCUT2D eigenvalue weighted by molar-refractivity contribution is -0.121. The number of hydrogen-bond donors (Lipinski definition) is 1. The zero-order valence-corrected chi connectivity index (χ0v) is 18.4. The number of carbonyl (C=O) groups is 1. The first kappa shape index (κ1) is 21.3. The Hall–Kier alpha value is -2.97. The van der Waals surface area contributed by atoms with Crippen molar-refractivity contribution >= 4 is 26.8 Å². The number of carbonyl (C=O) groups excluding carboxylic acids is 1. The summed E-state index contributed by atoms with van der Waals surface area (Å²) >= 11 is 0. The molecule has 8 heteroatoms. The summed E-state index contributed by atoms with van der Waals surface area (Å²) in [6.45, 7) is 1.91. The van der Waals surface area contributed by atoms with Crippen LogP contribution >= 0.6 is 0 Å². The van der Waals surface area contributed by atoms with Crippen molar-refractivity contribution in [3.8, 4) is 5.75 Å². The van der Waals surface area contributed by atoms with E-state index in [2.05, 4.69) is 9.71 Å². The molecule has 1 fully saturated rings. The maximum atomic E-state index is 13.3. The van der Waals surface area contributed by atoms with Gasteiger partial charge in [-0.2, -0.15) is 0 Å². The second-order valence-electron chi connectivity index (χ2n) is 7.68. The van der Waals surface area contributed by atoms with E-state index in [1.165, 1.54) is 13.2 Å². The van der Waals surface area contributed by atoms with Gasteiger partial charge >= 0.3 is 0 Å². The van der Waals surface area contributed by atoms with Crippen LogP contribution in [0.15, 0.2) is 59.6 Å². The Balaban J connectivity index is 1.70. The molecule has 0 radical (unpaired) electrons. The number of aromatic nitrogens is 1. The second kappa shape index (κ2) is 7.94. The predicted octanol–water partition coefficient (Wildman–Crippen LogP) is 3.49. The van der Waals surface area contributed by atoms with Gasteiger partial charge < -0.3 is 9.47 Å². The first-order valence-electron chi connectivity index (χ1n) is 9.94. The van der Waals surface area contributed by atoms with Crippen LogP contribution in [0.3, 0.4) is 0 Å². The van der Waals surface area contributed by atoms with Crippen LogP contribution in [0.2, 0.25) is 0 Å². The minimum absolute atomic E-state index is 0.0240.